The van der Waals surface area contributed by atoms with Gasteiger partial charge in [0.15, 0.2) is 0 Å². The molecule has 0 aliphatic heterocycles. The average molecular weight is 304 g/mol. The molecule has 0 saturated heterocycles. The van der Waals surface area contributed by atoms with Gasteiger partial charge in [-0.3, -0.25) is 0 Å². The van der Waals surface area contributed by atoms with Crippen molar-refractivity contribution in [3.63, 3.8) is 0 Å². The molecule has 2 aromatic rings. The third kappa shape index (κ3) is 4.23. The minimum atomic E-state index is 0.0914. The molecule has 21 heavy (non-hydrogen) atoms. The summed E-state index contributed by atoms with van der Waals surface area (Å²) in [5, 5.41) is 0.613. The van der Waals surface area contributed by atoms with Crippen LogP contribution in [0.15, 0.2) is 42.5 Å². The normalized spacial score (nSPS) is 11.5. The molecule has 0 atom stereocenters. The van der Waals surface area contributed by atoms with E-state index < -0.39 is 0 Å². The molecule has 2 nitrogen and oxygen atoms in total. The summed E-state index contributed by atoms with van der Waals surface area (Å²) in [6.45, 7) is 7.16. The van der Waals surface area contributed by atoms with Gasteiger partial charge in [-0.05, 0) is 53.8 Å². The molecule has 0 fully saturated rings. The van der Waals surface area contributed by atoms with Gasteiger partial charge < -0.3 is 10.5 Å². The summed E-state index contributed by atoms with van der Waals surface area (Å²) in [4.78, 5) is 0. The molecule has 112 valence electrons. The fraction of sp³-hybridized carbons (Fsp3) is 0.333. The lowest BCUT2D eigenvalue weighted by atomic mass is 9.87. The fourth-order valence-corrected chi connectivity index (χ4v) is 2.34. The molecular weight excluding hydrogens is 282 g/mol. The number of halogens is 1. The lowest BCUT2D eigenvalue weighted by Gasteiger charge is -2.20. The summed E-state index contributed by atoms with van der Waals surface area (Å²) in [6.07, 6.45) is 0.819. The van der Waals surface area contributed by atoms with E-state index in [1.54, 1.807) is 0 Å². The molecule has 2 rings (SSSR count). The molecule has 0 aliphatic carbocycles. The van der Waals surface area contributed by atoms with Crippen molar-refractivity contribution in [1.29, 1.82) is 0 Å². The zero-order chi connectivity index (χ0) is 15.5. The highest BCUT2D eigenvalue weighted by Crippen LogP contribution is 2.32. The maximum absolute atomic E-state index is 6.28. The van der Waals surface area contributed by atoms with E-state index in [-0.39, 0.29) is 5.41 Å². The Hall–Kier alpha value is -1.51. The first-order valence-corrected chi connectivity index (χ1v) is 7.55. The predicted molar refractivity (Wildman–Crippen MR) is 89.4 cm³/mol. The Morgan fingerprint density at radius 2 is 1.86 bits per heavy atom. The van der Waals surface area contributed by atoms with Crippen LogP contribution >= 0.6 is 11.6 Å². The SMILES string of the molecule is CC(C)(C)c1cccc(Oc2ccc(CCN)cc2Cl)c1. The van der Waals surface area contributed by atoms with Crippen molar-refractivity contribution in [2.45, 2.75) is 32.6 Å². The number of rotatable bonds is 4. The molecule has 2 aromatic carbocycles. The van der Waals surface area contributed by atoms with E-state index in [2.05, 4.69) is 32.9 Å². The second-order valence-corrected chi connectivity index (χ2v) is 6.59. The van der Waals surface area contributed by atoms with Crippen molar-refractivity contribution in [3.05, 3.63) is 58.6 Å². The molecule has 0 aliphatic rings. The highest BCUT2D eigenvalue weighted by Gasteiger charge is 2.14. The monoisotopic (exact) mass is 303 g/mol. The van der Waals surface area contributed by atoms with Gasteiger partial charge in [0, 0.05) is 0 Å². The van der Waals surface area contributed by atoms with E-state index in [4.69, 9.17) is 22.1 Å². The van der Waals surface area contributed by atoms with Crippen LogP contribution in [0.4, 0.5) is 0 Å². The second kappa shape index (κ2) is 6.50. The Kier molecular flexibility index (Phi) is 4.92. The van der Waals surface area contributed by atoms with Crippen molar-refractivity contribution in [3.8, 4) is 11.5 Å². The van der Waals surface area contributed by atoms with E-state index >= 15 is 0 Å². The Morgan fingerprint density at radius 1 is 1.10 bits per heavy atom. The summed E-state index contributed by atoms with van der Waals surface area (Å²) in [6, 6.07) is 13.9. The molecule has 0 saturated carbocycles. The summed E-state index contributed by atoms with van der Waals surface area (Å²) in [7, 11) is 0. The van der Waals surface area contributed by atoms with Crippen LogP contribution in [-0.2, 0) is 11.8 Å². The zero-order valence-electron chi connectivity index (χ0n) is 12.8. The number of hydrogen-bond donors (Lipinski definition) is 1. The van der Waals surface area contributed by atoms with Gasteiger partial charge in [-0.15, -0.1) is 0 Å². The molecule has 0 bridgehead atoms. The summed E-state index contributed by atoms with van der Waals surface area (Å²) in [5.41, 5.74) is 8.00. The zero-order valence-corrected chi connectivity index (χ0v) is 13.6. The number of benzene rings is 2. The smallest absolute Gasteiger partial charge is 0.146 e. The third-order valence-electron chi connectivity index (χ3n) is 3.36. The van der Waals surface area contributed by atoms with Crippen molar-refractivity contribution >= 4 is 11.6 Å². The first-order valence-electron chi connectivity index (χ1n) is 7.17. The molecular formula is C18H22ClNO. The standard InChI is InChI=1S/C18H22ClNO/c1-18(2,3)14-5-4-6-15(12-14)21-17-8-7-13(9-10-20)11-16(17)19/h4-8,11-12H,9-10,20H2,1-3H3. The van der Waals surface area contributed by atoms with Crippen LogP contribution < -0.4 is 10.5 Å². The lowest BCUT2D eigenvalue weighted by molar-refractivity contribution is 0.478. The summed E-state index contributed by atoms with van der Waals surface area (Å²) >= 11 is 6.28. The quantitative estimate of drug-likeness (QED) is 0.869. The molecule has 0 aromatic heterocycles. The van der Waals surface area contributed by atoms with Gasteiger partial charge >= 0.3 is 0 Å². The van der Waals surface area contributed by atoms with E-state index in [1.165, 1.54) is 5.56 Å². The van der Waals surface area contributed by atoms with Gasteiger partial charge in [0.2, 0.25) is 0 Å². The largest absolute Gasteiger partial charge is 0.456 e. The molecule has 0 amide bonds. The highest BCUT2D eigenvalue weighted by atomic mass is 35.5. The van der Waals surface area contributed by atoms with Crippen molar-refractivity contribution in [1.82, 2.24) is 0 Å². The molecule has 0 radical (unpaired) electrons. The van der Waals surface area contributed by atoms with Crippen LogP contribution in [0, 0.1) is 0 Å². The van der Waals surface area contributed by atoms with E-state index in [9.17, 15) is 0 Å². The Bertz CT molecular complexity index is 617. The van der Waals surface area contributed by atoms with Gasteiger partial charge in [-0.2, -0.15) is 0 Å². The average Bonchev–Trinajstić information content (AvgIpc) is 2.42. The summed E-state index contributed by atoms with van der Waals surface area (Å²) < 4.78 is 5.91. The van der Waals surface area contributed by atoms with Crippen LogP contribution in [0.5, 0.6) is 11.5 Å². The van der Waals surface area contributed by atoms with Crippen molar-refractivity contribution in [2.75, 3.05) is 6.54 Å². The van der Waals surface area contributed by atoms with Gasteiger partial charge in [-0.1, -0.05) is 50.6 Å². The van der Waals surface area contributed by atoms with Crippen LogP contribution in [-0.4, -0.2) is 6.54 Å². The molecule has 3 heteroatoms. The van der Waals surface area contributed by atoms with Crippen LogP contribution in [0.2, 0.25) is 5.02 Å². The summed E-state index contributed by atoms with van der Waals surface area (Å²) in [5.74, 6) is 1.47. The van der Waals surface area contributed by atoms with Crippen LogP contribution in [0.25, 0.3) is 0 Å². The van der Waals surface area contributed by atoms with Crippen LogP contribution in [0.3, 0.4) is 0 Å². The number of hydrogen-bond acceptors (Lipinski definition) is 2. The van der Waals surface area contributed by atoms with E-state index in [1.807, 2.05) is 30.3 Å². The maximum atomic E-state index is 6.28. The maximum Gasteiger partial charge on any atom is 0.146 e. The predicted octanol–water partition coefficient (Wildman–Crippen LogP) is 4.93. The Balaban J connectivity index is 2.22. The second-order valence-electron chi connectivity index (χ2n) is 6.18. The van der Waals surface area contributed by atoms with Crippen molar-refractivity contribution in [2.24, 2.45) is 5.73 Å². The van der Waals surface area contributed by atoms with Gasteiger partial charge in [0.1, 0.15) is 11.5 Å². The molecule has 0 unspecified atom stereocenters. The van der Waals surface area contributed by atoms with Crippen LogP contribution in [0.1, 0.15) is 31.9 Å². The lowest BCUT2D eigenvalue weighted by Crippen LogP contribution is -2.10. The van der Waals surface area contributed by atoms with Gasteiger partial charge in [0.25, 0.3) is 0 Å². The minimum Gasteiger partial charge on any atom is -0.456 e. The fourth-order valence-electron chi connectivity index (χ4n) is 2.10. The third-order valence-corrected chi connectivity index (χ3v) is 3.65. The highest BCUT2D eigenvalue weighted by molar-refractivity contribution is 6.32. The Morgan fingerprint density at radius 3 is 2.48 bits per heavy atom. The van der Waals surface area contributed by atoms with Gasteiger partial charge in [0.05, 0.1) is 5.02 Å². The van der Waals surface area contributed by atoms with E-state index in [0.29, 0.717) is 17.3 Å². The molecule has 0 spiro atoms. The Labute approximate surface area is 131 Å². The van der Waals surface area contributed by atoms with E-state index in [0.717, 1.165) is 17.7 Å². The van der Waals surface area contributed by atoms with Gasteiger partial charge in [-0.25, -0.2) is 0 Å². The minimum absolute atomic E-state index is 0.0914. The first kappa shape index (κ1) is 15.9. The molecule has 2 N–H and O–H groups in total. The van der Waals surface area contributed by atoms with Crippen molar-refractivity contribution < 1.29 is 4.74 Å². The number of nitrogens with two attached hydrogens (primary N) is 1. The topological polar surface area (TPSA) is 35.2 Å². The number of ether oxygens (including phenoxy) is 1. The molecule has 0 heterocycles. The first-order chi connectivity index (χ1) is 9.90.